The van der Waals surface area contributed by atoms with Gasteiger partial charge < -0.3 is 38.1 Å². The summed E-state index contributed by atoms with van der Waals surface area (Å²) in [5, 5.41) is 0.414. The highest BCUT2D eigenvalue weighted by molar-refractivity contribution is 7.98. The number of hydrogen-bond donors (Lipinski definition) is 0. The molecule has 0 atom stereocenters. The number of hydrogen-bond acceptors (Lipinski definition) is 10. The van der Waals surface area contributed by atoms with Crippen molar-refractivity contribution in [2.24, 2.45) is 0 Å². The topological polar surface area (TPSA) is 85.7 Å². The van der Waals surface area contributed by atoms with Gasteiger partial charge in [0.05, 0.1) is 72.9 Å². The van der Waals surface area contributed by atoms with Crippen LogP contribution in [0.4, 0.5) is 24.7 Å². The zero-order chi connectivity index (χ0) is 39.2. The van der Waals surface area contributed by atoms with E-state index in [1.54, 1.807) is 67.4 Å². The van der Waals surface area contributed by atoms with Crippen LogP contribution in [0.25, 0.3) is 16.8 Å². The SMILES string of the molecule is COc1cc(-n2c(N(C)c3ccc(OC)c(OC)c3)cnc2SCc2c(F)cc(-c3ccc(OCCOCCOCCOCCCl)cc3)cc2F)ccc1F. The standard InChI is InChI=1S/C40H43ClF3N3O7S/c1-46(29-8-12-36(48-2)38(23-29)50-4)39-25-45-40(47(39)30-7-11-33(42)37(24-30)49-3)55-26-32-34(43)21-28(22-35(32)44)27-5-9-31(10-6-27)54-20-19-53-18-17-52-16-15-51-14-13-41/h5-12,21-25H,13-20,26H2,1-4H3. The van der Waals surface area contributed by atoms with Crippen molar-refractivity contribution in [3.63, 3.8) is 0 Å². The second-order valence-corrected chi connectivity index (χ2v) is 13.1. The molecule has 5 aromatic rings. The van der Waals surface area contributed by atoms with Gasteiger partial charge >= 0.3 is 0 Å². The molecule has 0 N–H and O–H groups in total. The Morgan fingerprint density at radius 1 is 0.673 bits per heavy atom. The molecular weight excluding hydrogens is 759 g/mol. The number of rotatable bonds is 22. The molecular formula is C40H43ClF3N3O7S. The predicted molar refractivity (Wildman–Crippen MR) is 208 cm³/mol. The fraction of sp³-hybridized carbons (Fsp3) is 0.325. The smallest absolute Gasteiger partial charge is 0.174 e. The van der Waals surface area contributed by atoms with Crippen LogP contribution in [0.5, 0.6) is 23.0 Å². The maximum Gasteiger partial charge on any atom is 0.174 e. The Balaban J connectivity index is 1.25. The lowest BCUT2D eigenvalue weighted by molar-refractivity contribution is 0.0117. The third-order valence-corrected chi connectivity index (χ3v) is 9.47. The van der Waals surface area contributed by atoms with E-state index in [-0.39, 0.29) is 17.1 Å². The molecule has 0 spiro atoms. The quantitative estimate of drug-likeness (QED) is 0.0385. The Morgan fingerprint density at radius 3 is 1.95 bits per heavy atom. The van der Waals surface area contributed by atoms with E-state index >= 15 is 8.78 Å². The Labute approximate surface area is 328 Å². The fourth-order valence-corrected chi connectivity index (χ4v) is 6.58. The van der Waals surface area contributed by atoms with Crippen LogP contribution in [0.3, 0.4) is 0 Å². The van der Waals surface area contributed by atoms with Crippen LogP contribution < -0.4 is 23.8 Å². The first-order chi connectivity index (χ1) is 26.8. The maximum absolute atomic E-state index is 15.6. The Morgan fingerprint density at radius 2 is 1.31 bits per heavy atom. The molecule has 55 heavy (non-hydrogen) atoms. The van der Waals surface area contributed by atoms with E-state index in [2.05, 4.69) is 4.98 Å². The molecule has 0 bridgehead atoms. The monoisotopic (exact) mass is 801 g/mol. The van der Waals surface area contributed by atoms with Gasteiger partial charge in [-0.2, -0.15) is 0 Å². The van der Waals surface area contributed by atoms with E-state index < -0.39 is 17.5 Å². The average Bonchev–Trinajstić information content (AvgIpc) is 3.63. The Bertz CT molecular complexity index is 1960. The van der Waals surface area contributed by atoms with E-state index in [4.69, 9.17) is 44.8 Å². The number of benzene rings is 4. The molecule has 0 aliphatic carbocycles. The molecule has 0 saturated heterocycles. The summed E-state index contributed by atoms with van der Waals surface area (Å²) in [6.07, 6.45) is 1.63. The third kappa shape index (κ3) is 11.0. The minimum absolute atomic E-state index is 0.0291. The third-order valence-electron chi connectivity index (χ3n) is 8.34. The van der Waals surface area contributed by atoms with Gasteiger partial charge in [0.25, 0.3) is 0 Å². The molecule has 5 rings (SSSR count). The van der Waals surface area contributed by atoms with Crippen molar-refractivity contribution in [3.8, 4) is 39.8 Å². The van der Waals surface area contributed by atoms with Crippen molar-refractivity contribution in [2.75, 3.05) is 85.4 Å². The molecule has 1 aromatic heterocycles. The molecule has 10 nitrogen and oxygen atoms in total. The maximum atomic E-state index is 15.6. The van der Waals surface area contributed by atoms with Crippen molar-refractivity contribution < 1.29 is 46.3 Å². The van der Waals surface area contributed by atoms with Gasteiger partial charge in [-0.15, -0.1) is 11.6 Å². The summed E-state index contributed by atoms with van der Waals surface area (Å²) >= 11 is 6.68. The lowest BCUT2D eigenvalue weighted by Crippen LogP contribution is -2.14. The van der Waals surface area contributed by atoms with Gasteiger partial charge in [-0.3, -0.25) is 4.57 Å². The number of anilines is 2. The van der Waals surface area contributed by atoms with E-state index in [0.717, 1.165) is 17.4 Å². The first-order valence-electron chi connectivity index (χ1n) is 17.3. The summed E-state index contributed by atoms with van der Waals surface area (Å²) in [4.78, 5) is 6.47. The predicted octanol–water partition coefficient (Wildman–Crippen LogP) is 8.71. The molecule has 0 fully saturated rings. The van der Waals surface area contributed by atoms with Crippen LogP contribution >= 0.6 is 23.4 Å². The van der Waals surface area contributed by atoms with Gasteiger partial charge in [0.2, 0.25) is 0 Å². The summed E-state index contributed by atoms with van der Waals surface area (Å²) in [5.74, 6) is 0.746. The van der Waals surface area contributed by atoms with Crippen LogP contribution in [0.2, 0.25) is 0 Å². The number of halogens is 4. The fourth-order valence-electron chi connectivity index (χ4n) is 5.46. The van der Waals surface area contributed by atoms with E-state index in [0.29, 0.717) is 97.2 Å². The number of nitrogens with zero attached hydrogens (tertiary/aromatic N) is 3. The molecule has 294 valence electrons. The summed E-state index contributed by atoms with van der Waals surface area (Å²) in [6, 6.07) is 19.4. The van der Waals surface area contributed by atoms with Gasteiger partial charge in [0, 0.05) is 42.1 Å². The van der Waals surface area contributed by atoms with Crippen molar-refractivity contribution in [1.82, 2.24) is 9.55 Å². The van der Waals surface area contributed by atoms with Crippen LogP contribution in [-0.4, -0.2) is 90.1 Å². The number of imidazole rings is 1. The van der Waals surface area contributed by atoms with Crippen LogP contribution in [0, 0.1) is 17.5 Å². The molecule has 0 amide bonds. The normalized spacial score (nSPS) is 11.1. The van der Waals surface area contributed by atoms with Crippen LogP contribution in [0.15, 0.2) is 84.1 Å². The highest BCUT2D eigenvalue weighted by atomic mass is 35.5. The van der Waals surface area contributed by atoms with E-state index in [1.807, 2.05) is 18.0 Å². The van der Waals surface area contributed by atoms with Gasteiger partial charge in [-0.1, -0.05) is 23.9 Å². The lowest BCUT2D eigenvalue weighted by Gasteiger charge is -2.23. The number of alkyl halides is 1. The average molecular weight is 802 g/mol. The molecule has 4 aromatic carbocycles. The van der Waals surface area contributed by atoms with Crippen LogP contribution in [-0.2, 0) is 20.0 Å². The second kappa shape index (κ2) is 20.9. The zero-order valence-corrected chi connectivity index (χ0v) is 32.6. The van der Waals surface area contributed by atoms with Crippen LogP contribution in [0.1, 0.15) is 5.56 Å². The van der Waals surface area contributed by atoms with Gasteiger partial charge in [0.1, 0.15) is 29.8 Å². The largest absolute Gasteiger partial charge is 0.494 e. The molecule has 0 saturated carbocycles. The molecule has 0 unspecified atom stereocenters. The van der Waals surface area contributed by atoms with Crippen molar-refractivity contribution in [2.45, 2.75) is 10.9 Å². The van der Waals surface area contributed by atoms with Gasteiger partial charge in [0.15, 0.2) is 28.2 Å². The molecule has 0 radical (unpaired) electrons. The lowest BCUT2D eigenvalue weighted by atomic mass is 10.0. The van der Waals surface area contributed by atoms with Crippen molar-refractivity contribution in [3.05, 3.63) is 102 Å². The first kappa shape index (κ1) is 41.6. The minimum atomic E-state index is -0.698. The Kier molecular flexibility index (Phi) is 15.8. The number of methoxy groups -OCH3 is 3. The van der Waals surface area contributed by atoms with Crippen molar-refractivity contribution >= 4 is 34.9 Å². The molecule has 15 heteroatoms. The van der Waals surface area contributed by atoms with E-state index in [9.17, 15) is 4.39 Å². The number of ether oxygens (including phenoxy) is 7. The highest BCUT2D eigenvalue weighted by Crippen LogP contribution is 2.38. The van der Waals surface area contributed by atoms with Gasteiger partial charge in [-0.05, 0) is 59.7 Å². The second-order valence-electron chi connectivity index (χ2n) is 11.8. The van der Waals surface area contributed by atoms with E-state index in [1.165, 1.54) is 31.4 Å². The summed E-state index contributed by atoms with van der Waals surface area (Å²) < 4.78 is 85.4. The van der Waals surface area contributed by atoms with Gasteiger partial charge in [-0.25, -0.2) is 18.2 Å². The molecule has 0 aliphatic heterocycles. The number of aromatic nitrogens is 2. The summed E-state index contributed by atoms with van der Waals surface area (Å²) in [7, 11) is 6.31. The Hall–Kier alpha value is -4.60. The summed E-state index contributed by atoms with van der Waals surface area (Å²) in [5.41, 5.74) is 2.16. The summed E-state index contributed by atoms with van der Waals surface area (Å²) in [6.45, 7) is 3.03. The first-order valence-corrected chi connectivity index (χ1v) is 18.8. The highest BCUT2D eigenvalue weighted by Gasteiger charge is 2.21. The number of thioether (sulfide) groups is 1. The molecule has 0 aliphatic rings. The van der Waals surface area contributed by atoms with Crippen molar-refractivity contribution in [1.29, 1.82) is 0 Å². The molecule has 1 heterocycles. The minimum Gasteiger partial charge on any atom is -0.494 e. The zero-order valence-electron chi connectivity index (χ0n) is 31.0.